The van der Waals surface area contributed by atoms with Gasteiger partial charge in [0.1, 0.15) is 54.3 Å². The quantitative estimate of drug-likeness (QED) is 0.00579. The normalized spacial score (nSPS) is 15.9. The number of piperidine rings is 2. The molecule has 0 bridgehead atoms. The molecular formula is C117H165IN11O21+. The second-order valence-corrected chi connectivity index (χ2v) is 37.2. The number of aromatic nitrogens is 5. The number of nitrogens with zero attached hydrogens (tertiary/aromatic N) is 6. The van der Waals surface area contributed by atoms with Crippen molar-refractivity contribution >= 4 is 59.5 Å². The van der Waals surface area contributed by atoms with Gasteiger partial charge in [0.25, 0.3) is 16.8 Å². The molecule has 0 aliphatic carbocycles. The van der Waals surface area contributed by atoms with Crippen molar-refractivity contribution < 1.29 is 88.3 Å². The smallest absolute Gasteiger partial charge is 0.459 e. The van der Waals surface area contributed by atoms with Gasteiger partial charge in [-0.3, -0.25) is 52.9 Å². The van der Waals surface area contributed by atoms with Crippen LogP contribution in [-0.4, -0.2) is 230 Å². The van der Waals surface area contributed by atoms with Crippen molar-refractivity contribution in [1.29, 1.82) is 0 Å². The summed E-state index contributed by atoms with van der Waals surface area (Å²) in [5.41, 5.74) is 7.16. The number of likely N-dealkylation sites (N-methyl/N-ethyl adjacent to an activating group) is 2. The van der Waals surface area contributed by atoms with Crippen molar-refractivity contribution in [2.24, 2.45) is 5.73 Å². The SMILES string of the molecule is CC(C)(C)OC(=O)C1CCCCN1.CC(C)(C)OC(=O)N1CCCCC1.CC(C)(C)OC(=O)[n+]1ccccc1C=O.CC[C@H]1O[C@@H](n2cc(C)c(=O)[nH]c2=O)CC1O.CC[C@H]1O[C@@H](n2cc(C)c(=O)[nH]c2=O)CC1OC(=O)OCCN(C)Cc1ccccc1.CN(CCO)Cc1ccccc1.NCCO.O=Cc1ccccc1.OCCNCc1ccccc1.[2H]CI.c1ccccc1.c1ccccc1.c1ccccc1.c1ccccc1. The van der Waals surface area contributed by atoms with E-state index in [1.807, 2.05) is 323 Å². The number of amides is 1. The first-order chi connectivity index (χ1) is 72.3. The van der Waals surface area contributed by atoms with Crippen LogP contribution in [0.3, 0.4) is 0 Å². The van der Waals surface area contributed by atoms with Gasteiger partial charge >= 0.3 is 35.7 Å². The zero-order valence-corrected chi connectivity index (χ0v) is 92.3. The highest BCUT2D eigenvalue weighted by Crippen LogP contribution is 2.33. The Labute approximate surface area is 901 Å². The number of esters is 1. The highest BCUT2D eigenvalue weighted by atomic mass is 127. The Kier molecular flexibility index (Phi) is 70.5. The Morgan fingerprint density at radius 1 is 0.527 bits per heavy atom. The van der Waals surface area contributed by atoms with Crippen molar-refractivity contribution in [3.63, 3.8) is 0 Å². The molecule has 11 aromatic rings. The molecule has 4 aliphatic rings. The van der Waals surface area contributed by atoms with Gasteiger partial charge in [-0.1, -0.05) is 314 Å². The number of aryl methyl sites for hydroxylation is 2. The lowest BCUT2D eigenvalue weighted by atomic mass is 10.0. The van der Waals surface area contributed by atoms with Crippen LogP contribution in [-0.2, 0) is 57.6 Å². The van der Waals surface area contributed by atoms with E-state index in [2.05, 4.69) is 54.7 Å². The summed E-state index contributed by atoms with van der Waals surface area (Å²) in [6.45, 7) is 32.0. The van der Waals surface area contributed by atoms with Gasteiger partial charge in [-0.2, -0.15) is 4.79 Å². The minimum atomic E-state index is -0.759. The number of aliphatic hydroxyl groups is 4. The van der Waals surface area contributed by atoms with E-state index in [1.54, 1.807) is 69.9 Å². The van der Waals surface area contributed by atoms with Gasteiger partial charge in [0.05, 0.1) is 38.1 Å². The van der Waals surface area contributed by atoms with E-state index >= 15 is 0 Å². The molecule has 0 radical (unpaired) electrons. The van der Waals surface area contributed by atoms with Gasteiger partial charge in [0, 0.05) is 114 Å². The van der Waals surface area contributed by atoms with Crippen molar-refractivity contribution in [2.75, 3.05) is 91.2 Å². The van der Waals surface area contributed by atoms with Crippen molar-refractivity contribution in [3.05, 3.63) is 384 Å². The third kappa shape index (κ3) is 63.4. The first-order valence-corrected chi connectivity index (χ1v) is 52.0. The minimum absolute atomic E-state index is 0.0759. The number of rotatable bonds is 22. The molecule has 4 aliphatic heterocycles. The predicted octanol–water partition coefficient (Wildman–Crippen LogP) is 17.7. The van der Waals surface area contributed by atoms with Gasteiger partial charge in [-0.15, -0.1) is 0 Å². The number of aromatic amines is 2. The number of aliphatic hydroxyl groups excluding tert-OH is 4. The van der Waals surface area contributed by atoms with Crippen LogP contribution in [0, 0.1) is 13.8 Å². The monoisotopic (exact) mass is 2190 g/mol. The Bertz CT molecular complexity index is 5300. The summed E-state index contributed by atoms with van der Waals surface area (Å²) in [5.74, 6) is -0.104. The summed E-state index contributed by atoms with van der Waals surface area (Å²) in [4.78, 5) is 125. The molecule has 0 spiro atoms. The molecule has 7 heterocycles. The molecule has 4 fully saturated rings. The van der Waals surface area contributed by atoms with Crippen LogP contribution >= 0.6 is 22.6 Å². The number of halogens is 1. The second-order valence-electron chi connectivity index (χ2n) is 37.2. The third-order valence-corrected chi connectivity index (χ3v) is 20.9. The minimum Gasteiger partial charge on any atom is -0.459 e. The molecule has 4 saturated heterocycles. The Morgan fingerprint density at radius 3 is 1.30 bits per heavy atom. The summed E-state index contributed by atoms with van der Waals surface area (Å²) in [6.07, 6.45) is 10.2. The highest BCUT2D eigenvalue weighted by Gasteiger charge is 2.40. The largest absolute Gasteiger partial charge is 0.603 e. The number of pyridine rings is 1. The van der Waals surface area contributed by atoms with Gasteiger partial charge in [-0.25, -0.2) is 19.2 Å². The molecule has 3 unspecified atom stereocenters. The number of carbonyl (C=O) groups is 6. The van der Waals surface area contributed by atoms with E-state index in [0.717, 1.165) is 83.3 Å². The van der Waals surface area contributed by atoms with Crippen LogP contribution in [0.15, 0.2) is 323 Å². The number of ether oxygens (including phenoxy) is 7. The average molecular weight is 2190 g/mol. The fourth-order valence-electron chi connectivity index (χ4n) is 13.6. The summed E-state index contributed by atoms with van der Waals surface area (Å²) in [7, 11) is 3.96. The van der Waals surface area contributed by atoms with Gasteiger partial charge in [-0.05, 0) is 169 Å². The summed E-state index contributed by atoms with van der Waals surface area (Å²) < 4.78 is 47.9. The molecule has 15 rings (SSSR count). The lowest BCUT2D eigenvalue weighted by molar-refractivity contribution is -0.590. The highest BCUT2D eigenvalue weighted by molar-refractivity contribution is 14.1. The lowest BCUT2D eigenvalue weighted by Gasteiger charge is -2.29. The van der Waals surface area contributed by atoms with Crippen molar-refractivity contribution in [3.8, 4) is 0 Å². The standard InChI is InChI=1S/C22H29N3O6.C11H16N2O4.C11H14NO3.2C10H19NO2.C10H15NO.C9H13NO.C7H6O.4C6H6.C2H7NO.CH3I/c1-4-17-18(12-19(30-17)25-13-15(2)20(26)23-21(25)27)31-22(28)29-11-10-24(3)14-16-8-6-5-7-9-16;1-3-8-7(14)4-9(17-8)13-5-6(2)10(15)12-11(13)16;1-11(2,3)15-10(14)12-7-5-4-6-9(12)8-13;1-10(2,3)13-9(12)11-7-5-4-6-8-11;1-10(2,3)13-9(12)8-6-4-5-7-11-8;1-11(7-8-12)9-10-5-3-2-4-6-10;11-7-6-10-8-9-4-2-1-3-5-9;8-6-7-4-2-1-3-5-7;4*1-2-4-6-5-3-1;3-1-2-4;1-2/h5-9,13,17-19H,4,10-12,14H2,1-3H3,(H,23,26,27);5,7-9,14H,3-4H2,1-2H3,(H,12,15,16);4-8H,1-3H3;4-8H2,1-3H3;8,11H,4-7H2,1-3H3;2-6,12H,7-9H2,1H3;1-5,10-11H,6-8H2;1-6H;4*1-6H;4H,1-3H2;1H3/q;;+1;;;;;;;;;;;/t17-,18?,19-;7?,8-,9-;;;;;;;;;;;;/m11............/s1/i;;;;;;;;;;;;;1D. The van der Waals surface area contributed by atoms with E-state index in [9.17, 15) is 53.1 Å². The maximum absolute atomic E-state index is 12.2. The summed E-state index contributed by atoms with van der Waals surface area (Å²) >= 11 is 1.96. The Morgan fingerprint density at radius 2 is 0.927 bits per heavy atom. The molecule has 7 atom stereocenters. The van der Waals surface area contributed by atoms with Gasteiger partial charge in [0.15, 0.2) is 6.20 Å². The van der Waals surface area contributed by atoms with Crippen LogP contribution in [0.25, 0.3) is 0 Å². The second kappa shape index (κ2) is 80.3. The van der Waals surface area contributed by atoms with Crippen LogP contribution in [0.5, 0.6) is 0 Å². The molecule has 32 nitrogen and oxygen atoms in total. The molecule has 3 aromatic heterocycles. The molecular weight excluding hydrogens is 2020 g/mol. The van der Waals surface area contributed by atoms with Crippen LogP contribution in [0.4, 0.5) is 14.4 Å². The van der Waals surface area contributed by atoms with Gasteiger partial charge < -0.3 is 74.9 Å². The molecule has 0 saturated carbocycles. The van der Waals surface area contributed by atoms with Crippen molar-refractivity contribution in [2.45, 2.75) is 234 Å². The van der Waals surface area contributed by atoms with E-state index < -0.39 is 65.0 Å². The first kappa shape index (κ1) is 132. The number of nitrogens with two attached hydrogens (primary N) is 1. The van der Waals surface area contributed by atoms with Crippen LogP contribution < -0.4 is 43.4 Å². The zero-order valence-electron chi connectivity index (χ0n) is 91.1. The molecule has 10 N–H and O–H groups in total. The summed E-state index contributed by atoms with van der Waals surface area (Å²) in [6, 6.07) is 92.3. The van der Waals surface area contributed by atoms with E-state index in [1.165, 1.54) is 61.8 Å². The number of H-pyrrole nitrogens is 2. The van der Waals surface area contributed by atoms with Crippen molar-refractivity contribution in [1.82, 2.24) is 44.4 Å². The molecule has 150 heavy (non-hydrogen) atoms. The van der Waals surface area contributed by atoms with Crippen LogP contribution in [0.1, 0.15) is 203 Å². The number of carbonyl (C=O) groups excluding carboxylic acids is 6. The Balaban J connectivity index is 0.000000572. The maximum atomic E-state index is 12.2. The average Bonchev–Trinajstić information content (AvgIpc) is 1.67. The molecule has 8 aromatic carbocycles. The molecule has 33 heteroatoms. The fraction of sp³-hybridized carbons (Fsp3) is 0.427. The Hall–Kier alpha value is -12.6. The van der Waals surface area contributed by atoms with Crippen LogP contribution in [0.2, 0.25) is 0 Å². The van der Waals surface area contributed by atoms with E-state index in [-0.39, 0.29) is 73.6 Å². The fourth-order valence-corrected chi connectivity index (χ4v) is 13.6. The maximum Gasteiger partial charge on any atom is 0.603 e. The van der Waals surface area contributed by atoms with E-state index in [0.29, 0.717) is 67.6 Å². The number of benzene rings is 8. The van der Waals surface area contributed by atoms with Gasteiger partial charge in [0.2, 0.25) is 6.29 Å². The number of hydrogen-bond donors (Lipinski definition) is 9. The molecule has 1 amide bonds. The zero-order chi connectivity index (χ0) is 112. The first-order valence-electron chi connectivity index (χ1n) is 51.2. The third-order valence-electron chi connectivity index (χ3n) is 20.9. The number of nitrogens with one attached hydrogen (secondary N) is 4. The van der Waals surface area contributed by atoms with E-state index in [4.69, 9.17) is 55.6 Å². The predicted molar refractivity (Wildman–Crippen MR) is 600 cm³/mol. The number of aldehydes is 2. The number of hydrogen-bond acceptors (Lipinski definition) is 26. The number of alkyl halides is 1. The lowest BCUT2D eigenvalue weighted by Crippen LogP contribution is -2.49. The molecule has 820 valence electrons. The topological polar surface area (TPSA) is 421 Å². The summed E-state index contributed by atoms with van der Waals surface area (Å²) in [5, 5.41) is 40.9. The number of likely N-dealkylation sites (tertiary alicyclic amines) is 1.